The Morgan fingerprint density at radius 2 is 1.93 bits per heavy atom. The van der Waals surface area contributed by atoms with Gasteiger partial charge in [-0.15, -0.1) is 0 Å². The number of carbonyl (C=O) groups is 1. The second-order valence-electron chi connectivity index (χ2n) is 6.16. The Kier molecular flexibility index (Phi) is 7.32. The summed E-state index contributed by atoms with van der Waals surface area (Å²) in [6, 6.07) is 16.8. The standard InChI is InChI=1S/C22H18BrClN2O4/c1-29-20-11-14(12-25-26-22(28)15-6-8-17(27)9-7-15)10-18(23)21(20)30-13-16-4-2-3-5-19(16)24/h2-12,27H,13H2,1H3,(H,26,28). The van der Waals surface area contributed by atoms with Crippen molar-refractivity contribution < 1.29 is 19.4 Å². The fourth-order valence-electron chi connectivity index (χ4n) is 2.56. The molecule has 0 atom stereocenters. The first kappa shape index (κ1) is 21.7. The fourth-order valence-corrected chi connectivity index (χ4v) is 3.33. The number of hydrogen-bond donors (Lipinski definition) is 2. The van der Waals surface area contributed by atoms with Crippen molar-refractivity contribution in [3.63, 3.8) is 0 Å². The summed E-state index contributed by atoms with van der Waals surface area (Å²) in [5.74, 6) is 0.728. The van der Waals surface area contributed by atoms with E-state index in [1.165, 1.54) is 37.6 Å². The van der Waals surface area contributed by atoms with Gasteiger partial charge in [0.2, 0.25) is 0 Å². The molecule has 2 N–H and O–H groups in total. The Balaban J connectivity index is 1.70. The van der Waals surface area contributed by atoms with Crippen LogP contribution in [-0.2, 0) is 6.61 Å². The van der Waals surface area contributed by atoms with Gasteiger partial charge in [0.1, 0.15) is 12.4 Å². The van der Waals surface area contributed by atoms with Gasteiger partial charge in [-0.1, -0.05) is 29.8 Å². The monoisotopic (exact) mass is 488 g/mol. The van der Waals surface area contributed by atoms with Crippen molar-refractivity contribution in [2.45, 2.75) is 6.61 Å². The maximum Gasteiger partial charge on any atom is 0.271 e. The average Bonchev–Trinajstić information content (AvgIpc) is 2.74. The van der Waals surface area contributed by atoms with E-state index in [0.29, 0.717) is 32.1 Å². The van der Waals surface area contributed by atoms with E-state index < -0.39 is 5.91 Å². The minimum absolute atomic E-state index is 0.0869. The number of phenols is 1. The molecule has 0 heterocycles. The first-order valence-electron chi connectivity index (χ1n) is 8.84. The third-order valence-electron chi connectivity index (χ3n) is 4.09. The number of nitrogens with zero attached hydrogens (tertiary/aromatic N) is 1. The van der Waals surface area contributed by atoms with Crippen molar-refractivity contribution in [2.24, 2.45) is 5.10 Å². The number of rotatable bonds is 7. The highest BCUT2D eigenvalue weighted by Crippen LogP contribution is 2.37. The lowest BCUT2D eigenvalue weighted by atomic mass is 10.2. The molecular formula is C22H18BrClN2O4. The minimum atomic E-state index is -0.392. The molecule has 0 spiro atoms. The molecule has 154 valence electrons. The number of carbonyl (C=O) groups excluding carboxylic acids is 1. The van der Waals surface area contributed by atoms with Crippen LogP contribution in [0.5, 0.6) is 17.2 Å². The van der Waals surface area contributed by atoms with Crippen molar-refractivity contribution in [1.29, 1.82) is 0 Å². The molecule has 0 aromatic heterocycles. The van der Waals surface area contributed by atoms with Gasteiger partial charge in [0.25, 0.3) is 5.91 Å². The number of halogens is 2. The number of benzene rings is 3. The zero-order chi connectivity index (χ0) is 21.5. The number of phenolic OH excluding ortho intramolecular Hbond substituents is 1. The summed E-state index contributed by atoms with van der Waals surface area (Å²) < 4.78 is 12.0. The molecule has 3 aromatic rings. The molecule has 0 fully saturated rings. The molecule has 1 amide bonds. The molecule has 3 aromatic carbocycles. The van der Waals surface area contributed by atoms with Crippen LogP contribution < -0.4 is 14.9 Å². The van der Waals surface area contributed by atoms with E-state index in [0.717, 1.165) is 5.56 Å². The second-order valence-corrected chi connectivity index (χ2v) is 7.42. The summed E-state index contributed by atoms with van der Waals surface area (Å²) >= 11 is 9.66. The Bertz CT molecular complexity index is 1070. The number of hydrazone groups is 1. The minimum Gasteiger partial charge on any atom is -0.508 e. The lowest BCUT2D eigenvalue weighted by molar-refractivity contribution is 0.0955. The Hall–Kier alpha value is -3.03. The molecule has 0 aliphatic rings. The van der Waals surface area contributed by atoms with Gasteiger partial charge in [0.05, 0.1) is 17.8 Å². The maximum atomic E-state index is 12.1. The van der Waals surface area contributed by atoms with Crippen molar-refractivity contribution in [2.75, 3.05) is 7.11 Å². The van der Waals surface area contributed by atoms with Crippen LogP contribution in [0, 0.1) is 0 Å². The van der Waals surface area contributed by atoms with Gasteiger partial charge >= 0.3 is 0 Å². The maximum absolute atomic E-state index is 12.1. The van der Waals surface area contributed by atoms with Gasteiger partial charge in [0, 0.05) is 16.1 Å². The Morgan fingerprint density at radius 3 is 2.63 bits per heavy atom. The molecular weight excluding hydrogens is 472 g/mol. The lowest BCUT2D eigenvalue weighted by Crippen LogP contribution is -2.17. The van der Waals surface area contributed by atoms with Crippen LogP contribution in [0.25, 0.3) is 0 Å². The van der Waals surface area contributed by atoms with Gasteiger partial charge in [-0.25, -0.2) is 5.43 Å². The SMILES string of the molecule is COc1cc(C=NNC(=O)c2ccc(O)cc2)cc(Br)c1OCc1ccccc1Cl. The predicted octanol–water partition coefficient (Wildman–Crippen LogP) is 5.16. The molecule has 0 saturated heterocycles. The van der Waals surface area contributed by atoms with E-state index in [-0.39, 0.29) is 12.4 Å². The summed E-state index contributed by atoms with van der Waals surface area (Å²) in [5, 5.41) is 13.9. The van der Waals surface area contributed by atoms with Gasteiger partial charge in [-0.05, 0) is 64.0 Å². The van der Waals surface area contributed by atoms with Crippen LogP contribution >= 0.6 is 27.5 Å². The molecule has 0 radical (unpaired) electrons. The summed E-state index contributed by atoms with van der Waals surface area (Å²) in [6.07, 6.45) is 1.49. The number of amides is 1. The normalized spacial score (nSPS) is 10.8. The van der Waals surface area contributed by atoms with Gasteiger partial charge in [-0.3, -0.25) is 4.79 Å². The van der Waals surface area contributed by atoms with Crippen molar-refractivity contribution in [3.05, 3.63) is 86.8 Å². The molecule has 6 nitrogen and oxygen atoms in total. The highest BCUT2D eigenvalue weighted by atomic mass is 79.9. The van der Waals surface area contributed by atoms with Crippen molar-refractivity contribution >= 4 is 39.7 Å². The van der Waals surface area contributed by atoms with Gasteiger partial charge in [0.15, 0.2) is 11.5 Å². The molecule has 0 saturated carbocycles. The highest BCUT2D eigenvalue weighted by molar-refractivity contribution is 9.10. The van der Waals surface area contributed by atoms with E-state index in [2.05, 4.69) is 26.5 Å². The summed E-state index contributed by atoms with van der Waals surface area (Å²) in [4.78, 5) is 12.1. The molecule has 30 heavy (non-hydrogen) atoms. The van der Waals surface area contributed by atoms with Crippen molar-refractivity contribution in [3.8, 4) is 17.2 Å². The van der Waals surface area contributed by atoms with Crippen LogP contribution in [0.1, 0.15) is 21.5 Å². The predicted molar refractivity (Wildman–Crippen MR) is 120 cm³/mol. The Labute approximate surface area is 187 Å². The van der Waals surface area contributed by atoms with Crippen LogP contribution in [0.3, 0.4) is 0 Å². The van der Waals surface area contributed by atoms with Crippen LogP contribution in [0.2, 0.25) is 5.02 Å². The van der Waals surface area contributed by atoms with E-state index in [1.807, 2.05) is 18.2 Å². The summed E-state index contributed by atoms with van der Waals surface area (Å²) in [5.41, 5.74) is 4.37. The number of aromatic hydroxyl groups is 1. The quantitative estimate of drug-likeness (QED) is 0.355. The van der Waals surface area contributed by atoms with Gasteiger partial charge < -0.3 is 14.6 Å². The van der Waals surface area contributed by atoms with E-state index in [9.17, 15) is 9.90 Å². The molecule has 0 bridgehead atoms. The smallest absolute Gasteiger partial charge is 0.271 e. The number of methoxy groups -OCH3 is 1. The van der Waals surface area contributed by atoms with E-state index in [1.54, 1.807) is 18.2 Å². The van der Waals surface area contributed by atoms with Crippen LogP contribution in [0.15, 0.2) is 70.2 Å². The van der Waals surface area contributed by atoms with Crippen LogP contribution in [0.4, 0.5) is 0 Å². The number of ether oxygens (including phenoxy) is 2. The highest BCUT2D eigenvalue weighted by Gasteiger charge is 2.12. The summed E-state index contributed by atoms with van der Waals surface area (Å²) in [6.45, 7) is 0.282. The van der Waals surface area contributed by atoms with Crippen LogP contribution in [-0.4, -0.2) is 24.3 Å². The van der Waals surface area contributed by atoms with Crippen molar-refractivity contribution in [1.82, 2.24) is 5.43 Å². The molecule has 0 aliphatic heterocycles. The first-order chi connectivity index (χ1) is 14.5. The number of hydrogen-bond acceptors (Lipinski definition) is 5. The Morgan fingerprint density at radius 1 is 1.20 bits per heavy atom. The third-order valence-corrected chi connectivity index (χ3v) is 5.05. The molecule has 3 rings (SSSR count). The van der Waals surface area contributed by atoms with E-state index in [4.69, 9.17) is 21.1 Å². The van der Waals surface area contributed by atoms with E-state index >= 15 is 0 Å². The van der Waals surface area contributed by atoms with Gasteiger partial charge in [-0.2, -0.15) is 5.10 Å². The third kappa shape index (κ3) is 5.52. The summed E-state index contributed by atoms with van der Waals surface area (Å²) in [7, 11) is 1.54. The average molecular weight is 490 g/mol. The molecule has 0 unspecified atom stereocenters. The molecule has 0 aliphatic carbocycles. The zero-order valence-corrected chi connectivity index (χ0v) is 18.3. The fraction of sp³-hybridized carbons (Fsp3) is 0.0909. The molecule has 8 heteroatoms. The topological polar surface area (TPSA) is 80.2 Å². The first-order valence-corrected chi connectivity index (χ1v) is 10.0. The lowest BCUT2D eigenvalue weighted by Gasteiger charge is -2.14. The number of nitrogens with one attached hydrogen (secondary N) is 1. The zero-order valence-electron chi connectivity index (χ0n) is 15.9. The second kappa shape index (κ2) is 10.1. The largest absolute Gasteiger partial charge is 0.508 e.